The van der Waals surface area contributed by atoms with Gasteiger partial charge in [0, 0.05) is 30.2 Å². The first-order valence-corrected chi connectivity index (χ1v) is 6.54. The molecule has 0 bridgehead atoms. The molecule has 0 unspecified atom stereocenters. The van der Waals surface area contributed by atoms with E-state index in [0.717, 1.165) is 10.0 Å². The van der Waals surface area contributed by atoms with E-state index in [1.54, 1.807) is 24.1 Å². The van der Waals surface area contributed by atoms with Gasteiger partial charge in [-0.3, -0.25) is 4.79 Å². The summed E-state index contributed by atoms with van der Waals surface area (Å²) >= 11 is 3.41. The Morgan fingerprint density at radius 3 is 2.72 bits per heavy atom. The van der Waals surface area contributed by atoms with Gasteiger partial charge < -0.3 is 14.7 Å². The molecule has 1 amide bonds. The van der Waals surface area contributed by atoms with Gasteiger partial charge in [0.15, 0.2) is 0 Å². The molecule has 1 rings (SSSR count). The fourth-order valence-electron chi connectivity index (χ4n) is 1.55. The van der Waals surface area contributed by atoms with Gasteiger partial charge in [-0.05, 0) is 24.6 Å². The van der Waals surface area contributed by atoms with Crippen LogP contribution in [0, 0.1) is 6.92 Å². The monoisotopic (exact) mass is 315 g/mol. The molecular formula is C13H18BrNO3. The fourth-order valence-corrected chi connectivity index (χ4v) is 1.92. The molecular weight excluding hydrogens is 298 g/mol. The summed E-state index contributed by atoms with van der Waals surface area (Å²) in [6.45, 7) is 3.16. The summed E-state index contributed by atoms with van der Waals surface area (Å²) in [5.74, 6) is -0.0956. The lowest BCUT2D eigenvalue weighted by Gasteiger charge is -2.21. The predicted molar refractivity (Wildman–Crippen MR) is 73.7 cm³/mol. The maximum absolute atomic E-state index is 12.2. The molecule has 0 atom stereocenters. The average molecular weight is 316 g/mol. The quantitative estimate of drug-likeness (QED) is 0.871. The Labute approximate surface area is 116 Å². The first-order valence-electron chi connectivity index (χ1n) is 5.75. The minimum atomic E-state index is -0.0956. The van der Waals surface area contributed by atoms with Crippen molar-refractivity contribution in [3.8, 4) is 0 Å². The lowest BCUT2D eigenvalue weighted by atomic mass is 10.1. The molecule has 1 aromatic carbocycles. The number of aliphatic hydroxyl groups is 1. The smallest absolute Gasteiger partial charge is 0.254 e. The van der Waals surface area contributed by atoms with Gasteiger partial charge in [0.25, 0.3) is 5.91 Å². The number of aryl methyl sites for hydroxylation is 1. The molecule has 0 aliphatic carbocycles. The summed E-state index contributed by atoms with van der Waals surface area (Å²) in [4.78, 5) is 13.8. The molecule has 0 aliphatic rings. The van der Waals surface area contributed by atoms with Crippen molar-refractivity contribution in [3.05, 3.63) is 33.8 Å². The molecule has 1 N–H and O–H groups in total. The third-order valence-corrected chi connectivity index (χ3v) is 3.50. The van der Waals surface area contributed by atoms with E-state index in [4.69, 9.17) is 9.84 Å². The maximum atomic E-state index is 12.2. The minimum absolute atomic E-state index is 0.0531. The zero-order valence-electron chi connectivity index (χ0n) is 10.6. The number of hydrogen-bond donors (Lipinski definition) is 1. The van der Waals surface area contributed by atoms with Crippen LogP contribution in [-0.4, -0.2) is 49.3 Å². The van der Waals surface area contributed by atoms with E-state index in [0.29, 0.717) is 25.3 Å². The van der Waals surface area contributed by atoms with E-state index in [2.05, 4.69) is 15.9 Å². The SMILES string of the molecule is COCCN(CCO)C(=O)c1ccc(C)c(Br)c1. The lowest BCUT2D eigenvalue weighted by molar-refractivity contribution is 0.0656. The fraction of sp³-hybridized carbons (Fsp3) is 0.462. The van der Waals surface area contributed by atoms with Crippen molar-refractivity contribution in [3.63, 3.8) is 0 Å². The van der Waals surface area contributed by atoms with Gasteiger partial charge in [-0.15, -0.1) is 0 Å². The molecule has 100 valence electrons. The van der Waals surface area contributed by atoms with Crippen LogP contribution in [0.4, 0.5) is 0 Å². The highest BCUT2D eigenvalue weighted by molar-refractivity contribution is 9.10. The molecule has 0 saturated carbocycles. The molecule has 0 fully saturated rings. The first-order chi connectivity index (χ1) is 8.60. The van der Waals surface area contributed by atoms with Gasteiger partial charge in [-0.2, -0.15) is 0 Å². The Hall–Kier alpha value is -0.910. The van der Waals surface area contributed by atoms with E-state index in [9.17, 15) is 4.79 Å². The number of aliphatic hydroxyl groups excluding tert-OH is 1. The Kier molecular flexibility index (Phi) is 6.32. The average Bonchev–Trinajstić information content (AvgIpc) is 2.37. The van der Waals surface area contributed by atoms with Crippen molar-refractivity contribution in [2.24, 2.45) is 0 Å². The number of ether oxygens (including phenoxy) is 1. The molecule has 0 saturated heterocycles. The molecule has 4 nitrogen and oxygen atoms in total. The number of hydrogen-bond acceptors (Lipinski definition) is 3. The number of amides is 1. The van der Waals surface area contributed by atoms with Gasteiger partial charge in [0.2, 0.25) is 0 Å². The molecule has 0 heterocycles. The second-order valence-corrected chi connectivity index (χ2v) is 4.83. The van der Waals surface area contributed by atoms with Crippen LogP contribution in [0.15, 0.2) is 22.7 Å². The summed E-state index contributed by atoms with van der Waals surface area (Å²) in [5.41, 5.74) is 1.69. The largest absolute Gasteiger partial charge is 0.395 e. The van der Waals surface area contributed by atoms with Gasteiger partial charge in [-0.25, -0.2) is 0 Å². The number of nitrogens with zero attached hydrogens (tertiary/aromatic N) is 1. The molecule has 0 aromatic heterocycles. The summed E-state index contributed by atoms with van der Waals surface area (Å²) in [6, 6.07) is 5.49. The van der Waals surface area contributed by atoms with E-state index in [-0.39, 0.29) is 12.5 Å². The highest BCUT2D eigenvalue weighted by Gasteiger charge is 2.15. The summed E-state index contributed by atoms with van der Waals surface area (Å²) in [7, 11) is 1.59. The number of rotatable bonds is 6. The number of halogens is 1. The van der Waals surface area contributed by atoms with Crippen molar-refractivity contribution in [1.29, 1.82) is 0 Å². The van der Waals surface area contributed by atoms with Gasteiger partial charge in [0.05, 0.1) is 13.2 Å². The van der Waals surface area contributed by atoms with E-state index >= 15 is 0 Å². The molecule has 0 aliphatic heterocycles. The van der Waals surface area contributed by atoms with Crippen molar-refractivity contribution in [2.45, 2.75) is 6.92 Å². The molecule has 1 aromatic rings. The Balaban J connectivity index is 2.83. The van der Waals surface area contributed by atoms with Gasteiger partial charge in [0.1, 0.15) is 0 Å². The summed E-state index contributed by atoms with van der Waals surface area (Å²) in [6.07, 6.45) is 0. The zero-order valence-corrected chi connectivity index (χ0v) is 12.2. The highest BCUT2D eigenvalue weighted by atomic mass is 79.9. The molecule has 0 radical (unpaired) electrons. The molecule has 0 spiro atoms. The van der Waals surface area contributed by atoms with Crippen molar-refractivity contribution in [2.75, 3.05) is 33.4 Å². The van der Waals surface area contributed by atoms with E-state index in [1.807, 2.05) is 13.0 Å². The van der Waals surface area contributed by atoms with Crippen LogP contribution >= 0.6 is 15.9 Å². The zero-order chi connectivity index (χ0) is 13.5. The predicted octanol–water partition coefficient (Wildman–Crippen LogP) is 1.84. The van der Waals surface area contributed by atoms with Crippen LogP contribution in [0.1, 0.15) is 15.9 Å². The lowest BCUT2D eigenvalue weighted by Crippen LogP contribution is -2.36. The highest BCUT2D eigenvalue weighted by Crippen LogP contribution is 2.18. The summed E-state index contributed by atoms with van der Waals surface area (Å²) in [5, 5.41) is 8.99. The van der Waals surface area contributed by atoms with Gasteiger partial charge >= 0.3 is 0 Å². The van der Waals surface area contributed by atoms with Crippen LogP contribution < -0.4 is 0 Å². The van der Waals surface area contributed by atoms with Crippen molar-refractivity contribution >= 4 is 21.8 Å². The van der Waals surface area contributed by atoms with Crippen LogP contribution in [0.3, 0.4) is 0 Å². The number of benzene rings is 1. The normalized spacial score (nSPS) is 10.4. The standard InChI is InChI=1S/C13H18BrNO3/c1-10-3-4-11(9-12(10)14)13(17)15(5-7-16)6-8-18-2/h3-4,9,16H,5-8H2,1-2H3. The first kappa shape index (κ1) is 15.1. The Morgan fingerprint density at radius 2 is 2.17 bits per heavy atom. The minimum Gasteiger partial charge on any atom is -0.395 e. The number of carbonyl (C=O) groups is 1. The van der Waals surface area contributed by atoms with Crippen molar-refractivity contribution in [1.82, 2.24) is 4.90 Å². The second-order valence-electron chi connectivity index (χ2n) is 3.97. The third kappa shape index (κ3) is 4.08. The summed E-state index contributed by atoms with van der Waals surface area (Å²) < 4.78 is 5.87. The van der Waals surface area contributed by atoms with E-state index < -0.39 is 0 Å². The third-order valence-electron chi connectivity index (χ3n) is 2.64. The van der Waals surface area contributed by atoms with Gasteiger partial charge in [-0.1, -0.05) is 22.0 Å². The van der Waals surface area contributed by atoms with E-state index in [1.165, 1.54) is 0 Å². The number of methoxy groups -OCH3 is 1. The van der Waals surface area contributed by atoms with Crippen LogP contribution in [0.5, 0.6) is 0 Å². The van der Waals surface area contributed by atoms with Crippen LogP contribution in [0.25, 0.3) is 0 Å². The molecule has 18 heavy (non-hydrogen) atoms. The second kappa shape index (κ2) is 7.51. The maximum Gasteiger partial charge on any atom is 0.254 e. The molecule has 5 heteroatoms. The van der Waals surface area contributed by atoms with Crippen LogP contribution in [-0.2, 0) is 4.74 Å². The van der Waals surface area contributed by atoms with Crippen molar-refractivity contribution < 1.29 is 14.6 Å². The topological polar surface area (TPSA) is 49.8 Å². The number of carbonyl (C=O) groups excluding carboxylic acids is 1. The Morgan fingerprint density at radius 1 is 1.44 bits per heavy atom. The Bertz CT molecular complexity index is 409. The van der Waals surface area contributed by atoms with Crippen LogP contribution in [0.2, 0.25) is 0 Å².